The topological polar surface area (TPSA) is 61.4 Å². The Hall–Kier alpha value is -1.93. The van der Waals surface area contributed by atoms with E-state index in [0.717, 1.165) is 40.9 Å². The van der Waals surface area contributed by atoms with Crippen LogP contribution in [0.25, 0.3) is 0 Å². The van der Waals surface area contributed by atoms with Crippen LogP contribution >= 0.6 is 22.6 Å². The number of piperidine rings is 1. The van der Waals surface area contributed by atoms with Crippen LogP contribution in [0.3, 0.4) is 0 Å². The van der Waals surface area contributed by atoms with Crippen molar-refractivity contribution in [2.75, 3.05) is 30.3 Å². The van der Waals surface area contributed by atoms with E-state index in [1.165, 1.54) is 0 Å². The van der Waals surface area contributed by atoms with Crippen molar-refractivity contribution in [1.82, 2.24) is 4.90 Å². The highest BCUT2D eigenvalue weighted by Gasteiger charge is 2.26. The molecule has 0 spiro atoms. The number of likely N-dealkylation sites (tertiary alicyclic amines) is 1. The number of halogens is 1. The molecule has 0 atom stereocenters. The number of anilines is 2. The van der Waals surface area contributed by atoms with E-state index in [1.54, 1.807) is 0 Å². The highest BCUT2D eigenvalue weighted by atomic mass is 127. The van der Waals surface area contributed by atoms with E-state index in [0.29, 0.717) is 6.54 Å². The molecule has 2 aromatic carbocycles. The van der Waals surface area contributed by atoms with E-state index in [4.69, 9.17) is 0 Å². The number of para-hydroxylation sites is 1. The Morgan fingerprint density at radius 3 is 2.35 bits per heavy atom. The fourth-order valence-electron chi connectivity index (χ4n) is 3.09. The molecule has 136 valence electrons. The molecule has 0 aliphatic carbocycles. The van der Waals surface area contributed by atoms with Gasteiger partial charge in [0.15, 0.2) is 0 Å². The van der Waals surface area contributed by atoms with Crippen LogP contribution in [0, 0.1) is 9.49 Å². The number of nitrogens with one attached hydrogen (secondary N) is 2. The monoisotopic (exact) mass is 463 g/mol. The van der Waals surface area contributed by atoms with Gasteiger partial charge in [0.2, 0.25) is 11.8 Å². The second kappa shape index (κ2) is 9.14. The molecule has 3 rings (SSSR count). The smallest absolute Gasteiger partial charge is 0.238 e. The lowest BCUT2D eigenvalue weighted by molar-refractivity contribution is -0.121. The Morgan fingerprint density at radius 2 is 1.65 bits per heavy atom. The highest BCUT2D eigenvalue weighted by molar-refractivity contribution is 14.1. The van der Waals surface area contributed by atoms with Crippen molar-refractivity contribution in [2.45, 2.75) is 12.8 Å². The summed E-state index contributed by atoms with van der Waals surface area (Å²) in [6.45, 7) is 1.87. The maximum absolute atomic E-state index is 12.4. The standard InChI is InChI=1S/C20H22IN3O2/c21-16-5-4-8-18(13-16)22-19(25)14-24-11-9-15(10-12-24)20(26)23-17-6-2-1-3-7-17/h1-8,13,15H,9-12,14H2,(H,22,25)(H,23,26). The molecule has 1 aliphatic rings. The van der Waals surface area contributed by atoms with E-state index in [-0.39, 0.29) is 17.7 Å². The van der Waals surface area contributed by atoms with Gasteiger partial charge in [-0.1, -0.05) is 24.3 Å². The van der Waals surface area contributed by atoms with E-state index in [9.17, 15) is 9.59 Å². The first-order valence-corrected chi connectivity index (χ1v) is 9.82. The quantitative estimate of drug-likeness (QED) is 0.667. The first-order chi connectivity index (χ1) is 12.6. The molecule has 2 aromatic rings. The lowest BCUT2D eigenvalue weighted by Gasteiger charge is -2.30. The van der Waals surface area contributed by atoms with E-state index >= 15 is 0 Å². The molecule has 0 bridgehead atoms. The SMILES string of the molecule is O=C(CN1CCC(C(=O)Nc2ccccc2)CC1)Nc1cccc(I)c1. The molecule has 0 unspecified atom stereocenters. The Bertz CT molecular complexity index is 759. The van der Waals surface area contributed by atoms with E-state index < -0.39 is 0 Å². The first kappa shape index (κ1) is 18.8. The van der Waals surface area contributed by atoms with Crippen molar-refractivity contribution in [2.24, 2.45) is 5.92 Å². The fourth-order valence-corrected chi connectivity index (χ4v) is 3.63. The molecule has 1 saturated heterocycles. The normalized spacial score (nSPS) is 15.4. The summed E-state index contributed by atoms with van der Waals surface area (Å²) < 4.78 is 1.09. The molecule has 5 nitrogen and oxygen atoms in total. The lowest BCUT2D eigenvalue weighted by atomic mass is 9.96. The van der Waals surface area contributed by atoms with Gasteiger partial charge in [-0.05, 0) is 78.9 Å². The molecular weight excluding hydrogens is 441 g/mol. The van der Waals surface area contributed by atoms with Crippen LogP contribution in [-0.4, -0.2) is 36.3 Å². The van der Waals surface area contributed by atoms with Crippen LogP contribution in [0.2, 0.25) is 0 Å². The Morgan fingerprint density at radius 1 is 0.962 bits per heavy atom. The van der Waals surface area contributed by atoms with Crippen LogP contribution in [0.1, 0.15) is 12.8 Å². The number of hydrogen-bond acceptors (Lipinski definition) is 3. The molecule has 0 radical (unpaired) electrons. The number of carbonyl (C=O) groups is 2. The van der Waals surface area contributed by atoms with Gasteiger partial charge in [-0.25, -0.2) is 0 Å². The lowest BCUT2D eigenvalue weighted by Crippen LogP contribution is -2.41. The largest absolute Gasteiger partial charge is 0.326 e. The molecular formula is C20H22IN3O2. The summed E-state index contributed by atoms with van der Waals surface area (Å²) in [5.41, 5.74) is 1.65. The molecule has 1 aliphatic heterocycles. The Labute approximate surface area is 167 Å². The maximum atomic E-state index is 12.4. The van der Waals surface area contributed by atoms with E-state index in [2.05, 4.69) is 38.1 Å². The maximum Gasteiger partial charge on any atom is 0.238 e. The molecule has 1 heterocycles. The van der Waals surface area contributed by atoms with Crippen molar-refractivity contribution in [1.29, 1.82) is 0 Å². The molecule has 1 fully saturated rings. The Kier molecular flexibility index (Phi) is 6.62. The molecule has 0 aromatic heterocycles. The second-order valence-electron chi connectivity index (χ2n) is 6.46. The minimum absolute atomic E-state index is 0.00483. The highest BCUT2D eigenvalue weighted by Crippen LogP contribution is 2.19. The fraction of sp³-hybridized carbons (Fsp3) is 0.300. The summed E-state index contributed by atoms with van der Waals surface area (Å²) in [4.78, 5) is 26.7. The van der Waals surface area contributed by atoms with Gasteiger partial charge in [0.1, 0.15) is 0 Å². The number of carbonyl (C=O) groups excluding carboxylic acids is 2. The molecule has 2 N–H and O–H groups in total. The predicted molar refractivity (Wildman–Crippen MR) is 112 cm³/mol. The van der Waals surface area contributed by atoms with Crippen LogP contribution in [-0.2, 0) is 9.59 Å². The number of amides is 2. The van der Waals surface area contributed by atoms with Crippen molar-refractivity contribution in [3.63, 3.8) is 0 Å². The number of rotatable bonds is 5. The van der Waals surface area contributed by atoms with Crippen molar-refractivity contribution >= 4 is 45.8 Å². The van der Waals surface area contributed by atoms with Crippen molar-refractivity contribution in [3.8, 4) is 0 Å². The average molecular weight is 463 g/mol. The van der Waals surface area contributed by atoms with Gasteiger partial charge in [-0.3, -0.25) is 14.5 Å². The second-order valence-corrected chi connectivity index (χ2v) is 7.71. The summed E-state index contributed by atoms with van der Waals surface area (Å²) in [7, 11) is 0. The zero-order valence-corrected chi connectivity index (χ0v) is 16.6. The van der Waals surface area contributed by atoms with Crippen molar-refractivity contribution in [3.05, 3.63) is 58.2 Å². The van der Waals surface area contributed by atoms with Gasteiger partial charge in [0.25, 0.3) is 0 Å². The summed E-state index contributed by atoms with van der Waals surface area (Å²) in [5.74, 6) is 0.0589. The van der Waals surface area contributed by atoms with Crippen LogP contribution in [0.15, 0.2) is 54.6 Å². The predicted octanol–water partition coefficient (Wildman–Crippen LogP) is 3.58. The Balaban J connectivity index is 1.43. The van der Waals surface area contributed by atoms with Gasteiger partial charge in [0, 0.05) is 20.9 Å². The molecule has 6 heteroatoms. The first-order valence-electron chi connectivity index (χ1n) is 8.74. The molecule has 0 saturated carbocycles. The summed E-state index contributed by atoms with van der Waals surface area (Å²) in [6, 6.07) is 17.3. The molecule has 26 heavy (non-hydrogen) atoms. The molecule has 2 amide bonds. The third-order valence-corrected chi connectivity index (χ3v) is 5.15. The zero-order chi connectivity index (χ0) is 18.4. The van der Waals surface area contributed by atoms with Gasteiger partial charge in [0.05, 0.1) is 6.54 Å². The van der Waals surface area contributed by atoms with Gasteiger partial charge >= 0.3 is 0 Å². The van der Waals surface area contributed by atoms with E-state index in [1.807, 2.05) is 54.6 Å². The average Bonchev–Trinajstić information content (AvgIpc) is 2.63. The van der Waals surface area contributed by atoms with Crippen molar-refractivity contribution < 1.29 is 9.59 Å². The van der Waals surface area contributed by atoms with Gasteiger partial charge < -0.3 is 10.6 Å². The third-order valence-electron chi connectivity index (χ3n) is 4.48. The number of benzene rings is 2. The number of hydrogen-bond donors (Lipinski definition) is 2. The summed E-state index contributed by atoms with van der Waals surface area (Å²) in [5, 5.41) is 5.90. The number of nitrogens with zero attached hydrogens (tertiary/aromatic N) is 1. The third kappa shape index (κ3) is 5.54. The van der Waals surface area contributed by atoms with Crippen LogP contribution in [0.5, 0.6) is 0 Å². The van der Waals surface area contributed by atoms with Crippen LogP contribution in [0.4, 0.5) is 11.4 Å². The van der Waals surface area contributed by atoms with Crippen LogP contribution < -0.4 is 10.6 Å². The summed E-state index contributed by atoms with van der Waals surface area (Å²) in [6.07, 6.45) is 1.55. The van der Waals surface area contributed by atoms with Gasteiger partial charge in [-0.2, -0.15) is 0 Å². The minimum atomic E-state index is -0.0146. The minimum Gasteiger partial charge on any atom is -0.326 e. The summed E-state index contributed by atoms with van der Waals surface area (Å²) >= 11 is 2.22. The van der Waals surface area contributed by atoms with Gasteiger partial charge in [-0.15, -0.1) is 0 Å². The zero-order valence-electron chi connectivity index (χ0n) is 14.5.